The fourth-order valence-corrected chi connectivity index (χ4v) is 1.55. The predicted molar refractivity (Wildman–Crippen MR) is 75.4 cm³/mol. The van der Waals surface area contributed by atoms with Gasteiger partial charge in [-0.15, -0.1) is 0 Å². The predicted octanol–water partition coefficient (Wildman–Crippen LogP) is 1.82. The molecular weight excluding hydrogens is 258 g/mol. The highest BCUT2D eigenvalue weighted by Gasteiger charge is 2.10. The maximum Gasteiger partial charge on any atom is 0.240 e. The molecule has 0 aliphatic carbocycles. The van der Waals surface area contributed by atoms with Crippen LogP contribution in [-0.4, -0.2) is 15.9 Å². The lowest BCUT2D eigenvalue weighted by atomic mass is 10.3. The lowest BCUT2D eigenvalue weighted by Crippen LogP contribution is -2.11. The summed E-state index contributed by atoms with van der Waals surface area (Å²) < 4.78 is 5.72. The van der Waals surface area contributed by atoms with Crippen LogP contribution in [0.2, 0.25) is 0 Å². The van der Waals surface area contributed by atoms with E-state index >= 15 is 0 Å². The normalized spacial score (nSPS) is 9.95. The maximum atomic E-state index is 11.2. The molecule has 1 aromatic carbocycles. The van der Waals surface area contributed by atoms with Crippen molar-refractivity contribution in [3.8, 4) is 11.6 Å². The Kier molecular flexibility index (Phi) is 4.11. The number of carbonyl (C=O) groups excluding carboxylic acids is 1. The van der Waals surface area contributed by atoms with Gasteiger partial charge in [-0.25, -0.2) is 10.8 Å². The molecule has 0 spiro atoms. The first kappa shape index (κ1) is 13.8. The van der Waals surface area contributed by atoms with Gasteiger partial charge in [0.2, 0.25) is 17.7 Å². The Hall–Kier alpha value is -2.67. The Morgan fingerprint density at radius 1 is 1.35 bits per heavy atom. The number of ether oxygens (including phenoxy) is 1. The molecule has 0 bridgehead atoms. The Morgan fingerprint density at radius 3 is 2.80 bits per heavy atom. The van der Waals surface area contributed by atoms with Gasteiger partial charge in [-0.1, -0.05) is 12.1 Å². The van der Waals surface area contributed by atoms with Gasteiger partial charge in [0.05, 0.1) is 5.69 Å². The van der Waals surface area contributed by atoms with Crippen molar-refractivity contribution in [2.75, 3.05) is 10.7 Å². The number of carbonyl (C=O) groups is 1. The number of benzene rings is 1. The largest absolute Gasteiger partial charge is 0.436 e. The highest BCUT2D eigenvalue weighted by atomic mass is 16.5. The van der Waals surface area contributed by atoms with Gasteiger partial charge in [0, 0.05) is 18.7 Å². The zero-order valence-corrected chi connectivity index (χ0v) is 11.2. The van der Waals surface area contributed by atoms with Gasteiger partial charge in [-0.3, -0.25) is 10.2 Å². The summed E-state index contributed by atoms with van der Waals surface area (Å²) >= 11 is 0. The summed E-state index contributed by atoms with van der Waals surface area (Å²) in [5.74, 6) is 6.21. The van der Waals surface area contributed by atoms with Gasteiger partial charge < -0.3 is 10.1 Å². The number of nitrogens with two attached hydrogens (primary N) is 1. The monoisotopic (exact) mass is 273 g/mol. The summed E-state index contributed by atoms with van der Waals surface area (Å²) in [6.07, 6.45) is 1.60. The number of hydrogen-bond donors (Lipinski definition) is 3. The lowest BCUT2D eigenvalue weighted by Gasteiger charge is -2.12. The summed E-state index contributed by atoms with van der Waals surface area (Å²) in [6, 6.07) is 7.09. The quantitative estimate of drug-likeness (QED) is 0.580. The average Bonchev–Trinajstić information content (AvgIpc) is 2.43. The number of rotatable bonds is 4. The van der Waals surface area contributed by atoms with Crippen molar-refractivity contribution in [3.05, 3.63) is 36.0 Å². The van der Waals surface area contributed by atoms with E-state index in [0.717, 1.165) is 5.56 Å². The van der Waals surface area contributed by atoms with Crippen molar-refractivity contribution >= 4 is 17.5 Å². The second-order valence-electron chi connectivity index (χ2n) is 4.11. The van der Waals surface area contributed by atoms with Gasteiger partial charge in [0.25, 0.3) is 0 Å². The average molecular weight is 273 g/mol. The van der Waals surface area contributed by atoms with Crippen LogP contribution < -0.4 is 21.3 Å². The Labute approximate surface area is 116 Å². The van der Waals surface area contributed by atoms with Gasteiger partial charge in [0.1, 0.15) is 0 Å². The molecule has 1 heterocycles. The second kappa shape index (κ2) is 5.98. The third-order valence-electron chi connectivity index (χ3n) is 2.46. The number of nitrogens with one attached hydrogen (secondary N) is 2. The maximum absolute atomic E-state index is 11.2. The minimum atomic E-state index is -0.176. The molecule has 0 saturated carbocycles. The Bertz CT molecular complexity index is 630. The number of anilines is 2. The first-order chi connectivity index (χ1) is 9.60. The number of hydrazine groups is 1. The molecule has 1 aromatic heterocycles. The molecule has 1 amide bonds. The van der Waals surface area contributed by atoms with E-state index in [-0.39, 0.29) is 11.9 Å². The van der Waals surface area contributed by atoms with Crippen LogP contribution in [0.5, 0.6) is 11.6 Å². The third kappa shape index (κ3) is 3.21. The van der Waals surface area contributed by atoms with Crippen LogP contribution in [0.15, 0.2) is 30.5 Å². The number of aryl methyl sites for hydroxylation is 1. The molecule has 0 radical (unpaired) electrons. The summed E-state index contributed by atoms with van der Waals surface area (Å²) in [5, 5.41) is 2.69. The molecule has 0 aliphatic heterocycles. The van der Waals surface area contributed by atoms with Crippen molar-refractivity contribution in [1.82, 2.24) is 9.97 Å². The van der Waals surface area contributed by atoms with E-state index in [0.29, 0.717) is 17.3 Å². The van der Waals surface area contributed by atoms with Crippen molar-refractivity contribution in [3.63, 3.8) is 0 Å². The number of para-hydroxylation sites is 2. The molecule has 0 aliphatic rings. The van der Waals surface area contributed by atoms with Crippen LogP contribution in [0.1, 0.15) is 12.5 Å². The topological polar surface area (TPSA) is 102 Å². The van der Waals surface area contributed by atoms with Crippen molar-refractivity contribution in [2.24, 2.45) is 5.84 Å². The molecule has 0 atom stereocenters. The number of amides is 1. The molecule has 0 unspecified atom stereocenters. The first-order valence-electron chi connectivity index (χ1n) is 5.95. The standard InChI is InChI=1S/C13H15N5O2/c1-8-7-15-13(18-14)17-12(8)20-11-6-4-3-5-10(11)16-9(2)19/h3-7H,14H2,1-2H3,(H,16,19)(H,15,17,18). The minimum Gasteiger partial charge on any atom is -0.436 e. The number of aromatic nitrogens is 2. The molecular formula is C13H15N5O2. The Balaban J connectivity index is 2.32. The van der Waals surface area contributed by atoms with Gasteiger partial charge in [0.15, 0.2) is 5.75 Å². The zero-order chi connectivity index (χ0) is 14.5. The molecule has 7 nitrogen and oxygen atoms in total. The zero-order valence-electron chi connectivity index (χ0n) is 11.2. The second-order valence-corrected chi connectivity index (χ2v) is 4.11. The van der Waals surface area contributed by atoms with Gasteiger partial charge >= 0.3 is 0 Å². The van der Waals surface area contributed by atoms with Crippen LogP contribution in [0.3, 0.4) is 0 Å². The first-order valence-corrected chi connectivity index (χ1v) is 5.95. The van der Waals surface area contributed by atoms with Crippen molar-refractivity contribution in [2.45, 2.75) is 13.8 Å². The van der Waals surface area contributed by atoms with E-state index < -0.39 is 0 Å². The molecule has 0 fully saturated rings. The van der Waals surface area contributed by atoms with Crippen LogP contribution >= 0.6 is 0 Å². The van der Waals surface area contributed by atoms with E-state index in [9.17, 15) is 4.79 Å². The minimum absolute atomic E-state index is 0.176. The lowest BCUT2D eigenvalue weighted by molar-refractivity contribution is -0.114. The molecule has 2 aromatic rings. The van der Waals surface area contributed by atoms with Crippen molar-refractivity contribution in [1.29, 1.82) is 0 Å². The van der Waals surface area contributed by atoms with Gasteiger partial charge in [-0.05, 0) is 19.1 Å². The van der Waals surface area contributed by atoms with E-state index in [1.165, 1.54) is 6.92 Å². The highest BCUT2D eigenvalue weighted by Crippen LogP contribution is 2.30. The summed E-state index contributed by atoms with van der Waals surface area (Å²) in [6.45, 7) is 3.25. The van der Waals surface area contributed by atoms with Crippen LogP contribution in [0, 0.1) is 6.92 Å². The summed E-state index contributed by atoms with van der Waals surface area (Å²) in [5.41, 5.74) is 3.68. The summed E-state index contributed by atoms with van der Waals surface area (Å²) in [4.78, 5) is 19.3. The molecule has 4 N–H and O–H groups in total. The van der Waals surface area contributed by atoms with Gasteiger partial charge in [-0.2, -0.15) is 4.98 Å². The highest BCUT2D eigenvalue weighted by molar-refractivity contribution is 5.90. The van der Waals surface area contributed by atoms with Crippen LogP contribution in [-0.2, 0) is 4.79 Å². The van der Waals surface area contributed by atoms with Crippen molar-refractivity contribution < 1.29 is 9.53 Å². The third-order valence-corrected chi connectivity index (χ3v) is 2.46. The number of nitrogen functional groups attached to an aromatic ring is 1. The van der Waals surface area contributed by atoms with E-state index in [2.05, 4.69) is 20.7 Å². The van der Waals surface area contributed by atoms with E-state index in [4.69, 9.17) is 10.6 Å². The SMILES string of the molecule is CC(=O)Nc1ccccc1Oc1nc(NN)ncc1C. The summed E-state index contributed by atoms with van der Waals surface area (Å²) in [7, 11) is 0. The number of nitrogens with zero attached hydrogens (tertiary/aromatic N) is 2. The number of hydrogen-bond acceptors (Lipinski definition) is 6. The fraction of sp³-hybridized carbons (Fsp3) is 0.154. The molecule has 0 saturated heterocycles. The van der Waals surface area contributed by atoms with E-state index in [1.807, 2.05) is 6.92 Å². The van der Waals surface area contributed by atoms with Crippen LogP contribution in [0.25, 0.3) is 0 Å². The molecule has 104 valence electrons. The molecule has 7 heteroatoms. The van der Waals surface area contributed by atoms with E-state index in [1.54, 1.807) is 30.5 Å². The fourth-order valence-electron chi connectivity index (χ4n) is 1.55. The Morgan fingerprint density at radius 2 is 2.10 bits per heavy atom. The smallest absolute Gasteiger partial charge is 0.240 e. The molecule has 20 heavy (non-hydrogen) atoms. The van der Waals surface area contributed by atoms with Crippen LogP contribution in [0.4, 0.5) is 11.6 Å². The molecule has 2 rings (SSSR count).